The number of aryl methyl sites for hydroxylation is 1. The summed E-state index contributed by atoms with van der Waals surface area (Å²) in [5.74, 6) is 2.21. The van der Waals surface area contributed by atoms with Gasteiger partial charge in [0.1, 0.15) is 0 Å². The number of fused-ring (bicyclic) bond motifs is 2. The highest BCUT2D eigenvalue weighted by Gasteiger charge is 2.47. The predicted octanol–water partition coefficient (Wildman–Crippen LogP) is 5.02. The molecule has 2 aliphatic rings. The second-order valence-electron chi connectivity index (χ2n) is 8.65. The van der Waals surface area contributed by atoms with E-state index in [1.165, 1.54) is 12.0 Å². The molecular formula is C24H29Cl2N3O. The van der Waals surface area contributed by atoms with Crippen LogP contribution in [0.25, 0.3) is 11.0 Å². The van der Waals surface area contributed by atoms with Gasteiger partial charge in [-0.3, -0.25) is 9.13 Å². The van der Waals surface area contributed by atoms with E-state index in [1.54, 1.807) is 0 Å². The van der Waals surface area contributed by atoms with Gasteiger partial charge < -0.3 is 4.90 Å². The Kier molecular flexibility index (Phi) is 6.29. The van der Waals surface area contributed by atoms with Crippen LogP contribution in [0.3, 0.4) is 0 Å². The molecule has 1 aromatic heterocycles. The molecule has 4 nitrogen and oxygen atoms in total. The maximum absolute atomic E-state index is 13.0. The summed E-state index contributed by atoms with van der Waals surface area (Å²) in [5.41, 5.74) is 3.68. The molecule has 1 aliphatic carbocycles. The number of hydrogen-bond donors (Lipinski definition) is 0. The van der Waals surface area contributed by atoms with Crippen LogP contribution >= 0.6 is 24.0 Å². The van der Waals surface area contributed by atoms with E-state index in [-0.39, 0.29) is 18.1 Å². The summed E-state index contributed by atoms with van der Waals surface area (Å²) in [6.07, 6.45) is 2.24. The molecule has 6 heteroatoms. The Labute approximate surface area is 188 Å². The minimum Gasteiger partial charge on any atom is -0.301 e. The van der Waals surface area contributed by atoms with Crippen molar-refractivity contribution in [1.29, 1.82) is 0 Å². The van der Waals surface area contributed by atoms with Crippen molar-refractivity contribution in [2.24, 2.45) is 11.8 Å². The van der Waals surface area contributed by atoms with Crippen LogP contribution in [0, 0.1) is 11.8 Å². The maximum Gasteiger partial charge on any atom is 0.329 e. The zero-order chi connectivity index (χ0) is 20.0. The normalized spacial score (nSPS) is 23.2. The molecule has 0 spiro atoms. The minimum atomic E-state index is 0. The Morgan fingerprint density at radius 3 is 2.27 bits per heavy atom. The fraction of sp³-hybridized carbons (Fsp3) is 0.458. The van der Waals surface area contributed by atoms with E-state index in [9.17, 15) is 4.79 Å². The van der Waals surface area contributed by atoms with Crippen molar-refractivity contribution >= 4 is 35.0 Å². The summed E-state index contributed by atoms with van der Waals surface area (Å²) in [5, 5.41) is 0.811. The number of hydrogen-bond acceptors (Lipinski definition) is 2. The number of benzene rings is 2. The van der Waals surface area contributed by atoms with Crippen LogP contribution in [-0.2, 0) is 13.1 Å². The van der Waals surface area contributed by atoms with Gasteiger partial charge in [-0.25, -0.2) is 4.79 Å². The predicted molar refractivity (Wildman–Crippen MR) is 126 cm³/mol. The number of rotatable bonds is 6. The van der Waals surface area contributed by atoms with Crippen LogP contribution in [0.5, 0.6) is 0 Å². The minimum absolute atomic E-state index is 0. The monoisotopic (exact) mass is 445 g/mol. The molecule has 160 valence electrons. The van der Waals surface area contributed by atoms with E-state index in [0.29, 0.717) is 5.92 Å². The molecule has 0 unspecified atom stereocenters. The quantitative estimate of drug-likeness (QED) is 0.532. The summed E-state index contributed by atoms with van der Waals surface area (Å²) in [4.78, 5) is 15.5. The first-order chi connectivity index (χ1) is 14.2. The summed E-state index contributed by atoms with van der Waals surface area (Å²) in [6, 6.07) is 16.6. The second-order valence-corrected chi connectivity index (χ2v) is 9.09. The third-order valence-corrected chi connectivity index (χ3v) is 7.20. The molecule has 1 saturated carbocycles. The van der Waals surface area contributed by atoms with Gasteiger partial charge in [-0.1, -0.05) is 42.8 Å². The van der Waals surface area contributed by atoms with Gasteiger partial charge in [0.2, 0.25) is 0 Å². The van der Waals surface area contributed by atoms with Gasteiger partial charge in [-0.2, -0.15) is 0 Å². The second kappa shape index (κ2) is 8.78. The van der Waals surface area contributed by atoms with Crippen molar-refractivity contribution in [2.75, 3.05) is 19.6 Å². The molecule has 0 amide bonds. The van der Waals surface area contributed by atoms with Crippen molar-refractivity contribution in [3.8, 4) is 0 Å². The smallest absolute Gasteiger partial charge is 0.301 e. The Balaban J connectivity index is 0.00000218. The molecule has 2 heterocycles. The Hall–Kier alpha value is -1.75. The standard InChI is InChI=1S/C24H28ClN3O.ClH/c1-2-11-27-22-5-3-4-6-23(22)28(24(27)29)13-12-26-15-18-14-20(21(18)16-26)17-7-9-19(25)10-8-17;/h3-10,18,20-21H,2,11-16H2,1H3;1H/t18-,20-,21+;/m1./s1. The van der Waals surface area contributed by atoms with Crippen molar-refractivity contribution in [3.05, 3.63) is 69.6 Å². The van der Waals surface area contributed by atoms with Gasteiger partial charge in [0.25, 0.3) is 0 Å². The lowest BCUT2D eigenvalue weighted by Gasteiger charge is -2.40. The number of aromatic nitrogens is 2. The van der Waals surface area contributed by atoms with Gasteiger partial charge >= 0.3 is 5.69 Å². The SMILES string of the molecule is CCCn1c(=O)n(CCN2C[C@H]3C[C@H](c4ccc(Cl)cc4)[C@H]3C2)c2ccccc21.Cl. The van der Waals surface area contributed by atoms with Crippen LogP contribution in [0.2, 0.25) is 5.02 Å². The number of likely N-dealkylation sites (tertiary alicyclic amines) is 1. The topological polar surface area (TPSA) is 30.2 Å². The summed E-state index contributed by atoms with van der Waals surface area (Å²) >= 11 is 6.05. The molecular weight excluding hydrogens is 417 g/mol. The van der Waals surface area contributed by atoms with Crippen LogP contribution in [0.1, 0.15) is 31.2 Å². The van der Waals surface area contributed by atoms with Crippen LogP contribution < -0.4 is 5.69 Å². The largest absolute Gasteiger partial charge is 0.329 e. The molecule has 3 atom stereocenters. The van der Waals surface area contributed by atoms with Crippen LogP contribution in [0.15, 0.2) is 53.3 Å². The van der Waals surface area contributed by atoms with Gasteiger partial charge in [-0.05, 0) is 60.4 Å². The highest BCUT2D eigenvalue weighted by molar-refractivity contribution is 6.30. The van der Waals surface area contributed by atoms with Gasteiger partial charge in [0, 0.05) is 37.7 Å². The highest BCUT2D eigenvalue weighted by Crippen LogP contribution is 2.51. The summed E-state index contributed by atoms with van der Waals surface area (Å²) in [6.45, 7) is 6.91. The third kappa shape index (κ3) is 3.70. The molecule has 2 aromatic carbocycles. The molecule has 0 bridgehead atoms. The molecule has 5 rings (SSSR count). The lowest BCUT2D eigenvalue weighted by atomic mass is 9.64. The summed E-state index contributed by atoms with van der Waals surface area (Å²) in [7, 11) is 0. The molecule has 1 aliphatic heterocycles. The molecule has 2 fully saturated rings. The van der Waals surface area contributed by atoms with Gasteiger partial charge in [-0.15, -0.1) is 12.4 Å². The average Bonchev–Trinajstić information content (AvgIpc) is 3.17. The van der Waals surface area contributed by atoms with E-state index in [2.05, 4.69) is 36.1 Å². The van der Waals surface area contributed by atoms with Gasteiger partial charge in [0.15, 0.2) is 0 Å². The van der Waals surface area contributed by atoms with Crippen LogP contribution in [0.4, 0.5) is 0 Å². The highest BCUT2D eigenvalue weighted by atomic mass is 35.5. The number of nitrogens with zero attached hydrogens (tertiary/aromatic N) is 3. The van der Waals surface area contributed by atoms with Crippen LogP contribution in [-0.4, -0.2) is 33.7 Å². The van der Waals surface area contributed by atoms with E-state index in [1.807, 2.05) is 33.4 Å². The maximum atomic E-state index is 13.0. The lowest BCUT2D eigenvalue weighted by molar-refractivity contribution is 0.191. The van der Waals surface area contributed by atoms with Crippen molar-refractivity contribution in [1.82, 2.24) is 14.0 Å². The zero-order valence-corrected chi connectivity index (χ0v) is 18.9. The summed E-state index contributed by atoms with van der Waals surface area (Å²) < 4.78 is 3.90. The van der Waals surface area contributed by atoms with E-state index in [0.717, 1.165) is 67.0 Å². The lowest BCUT2D eigenvalue weighted by Crippen LogP contribution is -2.33. The number of para-hydroxylation sites is 2. The molecule has 0 radical (unpaired) electrons. The van der Waals surface area contributed by atoms with Crippen molar-refractivity contribution in [2.45, 2.75) is 38.8 Å². The first-order valence-electron chi connectivity index (χ1n) is 10.8. The zero-order valence-electron chi connectivity index (χ0n) is 17.3. The Morgan fingerprint density at radius 1 is 0.933 bits per heavy atom. The first kappa shape index (κ1) is 21.5. The average molecular weight is 446 g/mol. The third-order valence-electron chi connectivity index (χ3n) is 6.95. The van der Waals surface area contributed by atoms with Crippen molar-refractivity contribution < 1.29 is 0 Å². The van der Waals surface area contributed by atoms with E-state index < -0.39 is 0 Å². The van der Waals surface area contributed by atoms with E-state index >= 15 is 0 Å². The molecule has 30 heavy (non-hydrogen) atoms. The molecule has 0 N–H and O–H groups in total. The van der Waals surface area contributed by atoms with Crippen molar-refractivity contribution in [3.63, 3.8) is 0 Å². The number of halogens is 2. The Bertz CT molecular complexity index is 1070. The molecule has 1 saturated heterocycles. The van der Waals surface area contributed by atoms with E-state index in [4.69, 9.17) is 11.6 Å². The number of imidazole rings is 1. The fourth-order valence-electron chi connectivity index (χ4n) is 5.44. The Morgan fingerprint density at radius 2 is 1.60 bits per heavy atom. The first-order valence-corrected chi connectivity index (χ1v) is 11.2. The molecule has 3 aromatic rings. The van der Waals surface area contributed by atoms with Gasteiger partial charge in [0.05, 0.1) is 11.0 Å². The fourth-order valence-corrected chi connectivity index (χ4v) is 5.57.